The van der Waals surface area contributed by atoms with Gasteiger partial charge in [-0.2, -0.15) is 5.10 Å². The van der Waals surface area contributed by atoms with Crippen LogP contribution in [0, 0.1) is 5.92 Å². The van der Waals surface area contributed by atoms with Gasteiger partial charge in [-0.3, -0.25) is 9.59 Å². The van der Waals surface area contributed by atoms with Crippen LogP contribution in [-0.2, 0) is 22.6 Å². The Morgan fingerprint density at radius 2 is 1.63 bits per heavy atom. The van der Waals surface area contributed by atoms with Crippen LogP contribution in [0.25, 0.3) is 5.69 Å². The summed E-state index contributed by atoms with van der Waals surface area (Å²) in [6.45, 7) is 4.09. The molecule has 3 aromatic carbocycles. The van der Waals surface area contributed by atoms with E-state index in [1.165, 1.54) is 12.5 Å². The van der Waals surface area contributed by atoms with Crippen molar-refractivity contribution in [3.05, 3.63) is 120 Å². The number of aliphatic hydroxyl groups is 1. The third-order valence-electron chi connectivity index (χ3n) is 8.31. The zero-order valence-corrected chi connectivity index (χ0v) is 26.2. The summed E-state index contributed by atoms with van der Waals surface area (Å²) in [5.74, 6) is -0.682. The molecule has 1 aromatic heterocycles. The number of para-hydroxylation sites is 1. The summed E-state index contributed by atoms with van der Waals surface area (Å²) in [4.78, 5) is 27.2. The second-order valence-electron chi connectivity index (χ2n) is 11.6. The van der Waals surface area contributed by atoms with Gasteiger partial charge in [-0.15, -0.1) is 6.58 Å². The van der Waals surface area contributed by atoms with Crippen LogP contribution < -0.4 is 20.1 Å². The summed E-state index contributed by atoms with van der Waals surface area (Å²) in [6.07, 6.45) is 5.54. The highest BCUT2D eigenvalue weighted by Crippen LogP contribution is 2.29. The number of ether oxygens (including phenoxy) is 2. The first kappa shape index (κ1) is 32.5. The van der Waals surface area contributed by atoms with Crippen molar-refractivity contribution in [2.45, 2.75) is 63.3 Å². The number of hydrogen-bond donors (Lipinski definition) is 3. The minimum Gasteiger partial charge on any atom is -0.497 e. The van der Waals surface area contributed by atoms with Gasteiger partial charge in [-0.1, -0.05) is 86.0 Å². The molecule has 4 aromatic rings. The molecule has 5 rings (SSSR count). The summed E-state index contributed by atoms with van der Waals surface area (Å²) in [6, 6.07) is 27.4. The van der Waals surface area contributed by atoms with Gasteiger partial charge in [-0.25, -0.2) is 4.68 Å². The lowest BCUT2D eigenvalue weighted by molar-refractivity contribution is -0.132. The van der Waals surface area contributed by atoms with Crippen molar-refractivity contribution in [3.63, 3.8) is 0 Å². The minimum absolute atomic E-state index is 0.0931. The molecule has 9 nitrogen and oxygen atoms in total. The van der Waals surface area contributed by atoms with Crippen molar-refractivity contribution in [2.24, 2.45) is 5.92 Å². The number of aliphatic hydroxyl groups excluding tert-OH is 1. The zero-order chi connectivity index (χ0) is 32.3. The number of nitrogens with zero attached hydrogens (tertiary/aromatic N) is 2. The van der Waals surface area contributed by atoms with Crippen molar-refractivity contribution in [1.29, 1.82) is 0 Å². The molecule has 3 atom stereocenters. The van der Waals surface area contributed by atoms with Gasteiger partial charge in [0.05, 0.1) is 24.4 Å². The van der Waals surface area contributed by atoms with E-state index in [4.69, 9.17) is 9.47 Å². The average molecular weight is 623 g/mol. The van der Waals surface area contributed by atoms with Crippen LogP contribution in [0.3, 0.4) is 0 Å². The van der Waals surface area contributed by atoms with Gasteiger partial charge in [0.25, 0.3) is 0 Å². The summed E-state index contributed by atoms with van der Waals surface area (Å²) in [5.41, 5.74) is 2.80. The molecule has 0 bridgehead atoms. The van der Waals surface area contributed by atoms with Crippen LogP contribution in [0.1, 0.15) is 55.0 Å². The van der Waals surface area contributed by atoms with Crippen molar-refractivity contribution < 1.29 is 24.2 Å². The summed E-state index contributed by atoms with van der Waals surface area (Å²) >= 11 is 0. The van der Waals surface area contributed by atoms with Crippen LogP contribution >= 0.6 is 0 Å². The number of carbonyl (C=O) groups excluding carboxylic acids is 2. The number of hydrogen-bond acceptors (Lipinski definition) is 6. The molecule has 0 unspecified atom stereocenters. The standard InChI is InChI=1S/C37H42N4O5/c1-3-31(36(43)39-33(23-26-13-7-4-8-14-26)37(44)38-28-15-9-5-10-16-28)35(42)32-24-34(41(40-32)29-17-11-6-12-18-29)46-25-27-19-21-30(45-2)22-20-27/h3-4,6-8,11-14,17-22,24,28,31,33,35,42H,1,5,9-10,15-16,23,25H2,2H3,(H,38,44)(H,39,43)/t31-,33-,35-/m0/s1. The fraction of sp³-hybridized carbons (Fsp3) is 0.324. The first-order valence-electron chi connectivity index (χ1n) is 15.8. The Kier molecular flexibility index (Phi) is 11.2. The Morgan fingerprint density at radius 3 is 2.28 bits per heavy atom. The number of amides is 2. The van der Waals surface area contributed by atoms with Gasteiger partial charge >= 0.3 is 0 Å². The largest absolute Gasteiger partial charge is 0.497 e. The topological polar surface area (TPSA) is 115 Å². The van der Waals surface area contributed by atoms with Crippen LogP contribution in [0.4, 0.5) is 0 Å². The van der Waals surface area contributed by atoms with Crippen molar-refractivity contribution >= 4 is 11.8 Å². The fourth-order valence-corrected chi connectivity index (χ4v) is 5.70. The van der Waals surface area contributed by atoms with E-state index >= 15 is 0 Å². The first-order valence-corrected chi connectivity index (χ1v) is 15.8. The molecule has 0 aliphatic heterocycles. The Hall–Kier alpha value is -4.89. The van der Waals surface area contributed by atoms with Gasteiger partial charge in [0, 0.05) is 18.5 Å². The average Bonchev–Trinajstić information content (AvgIpc) is 3.53. The number of nitrogens with one attached hydrogen (secondary N) is 2. The zero-order valence-electron chi connectivity index (χ0n) is 26.2. The second kappa shape index (κ2) is 15.9. The van der Waals surface area contributed by atoms with Crippen LogP contribution in [0.2, 0.25) is 0 Å². The highest BCUT2D eigenvalue weighted by Gasteiger charge is 2.32. The smallest absolute Gasteiger partial charge is 0.243 e. The number of aromatic nitrogens is 2. The van der Waals surface area contributed by atoms with E-state index in [-0.39, 0.29) is 24.2 Å². The second-order valence-corrected chi connectivity index (χ2v) is 11.6. The molecule has 1 fully saturated rings. The number of rotatable bonds is 14. The van der Waals surface area contributed by atoms with E-state index in [1.807, 2.05) is 84.9 Å². The molecule has 2 amide bonds. The fourth-order valence-electron chi connectivity index (χ4n) is 5.70. The van der Waals surface area contributed by atoms with Crippen LogP contribution in [0.15, 0.2) is 104 Å². The lowest BCUT2D eigenvalue weighted by atomic mass is 9.94. The molecular weight excluding hydrogens is 580 g/mol. The Morgan fingerprint density at radius 1 is 0.957 bits per heavy atom. The molecule has 0 spiro atoms. The Bertz CT molecular complexity index is 1570. The van der Waals surface area contributed by atoms with Gasteiger partial charge < -0.3 is 25.2 Å². The first-order chi connectivity index (χ1) is 22.4. The number of methoxy groups -OCH3 is 1. The quantitative estimate of drug-likeness (QED) is 0.161. The lowest BCUT2D eigenvalue weighted by Crippen LogP contribution is -2.52. The van der Waals surface area contributed by atoms with Gasteiger partial charge in [0.15, 0.2) is 0 Å². The monoisotopic (exact) mass is 622 g/mol. The molecule has 0 radical (unpaired) electrons. The molecule has 1 saturated carbocycles. The Labute approximate surface area is 270 Å². The molecule has 3 N–H and O–H groups in total. The molecular formula is C37H42N4O5. The van der Waals surface area contributed by atoms with Crippen molar-refractivity contribution in [2.75, 3.05) is 7.11 Å². The number of carbonyl (C=O) groups is 2. The lowest BCUT2D eigenvalue weighted by Gasteiger charge is -2.27. The Balaban J connectivity index is 1.34. The van der Waals surface area contributed by atoms with E-state index in [9.17, 15) is 14.7 Å². The van der Waals surface area contributed by atoms with Crippen LogP contribution in [-0.4, -0.2) is 45.9 Å². The molecule has 1 aliphatic rings. The maximum Gasteiger partial charge on any atom is 0.243 e. The molecule has 9 heteroatoms. The van der Waals surface area contributed by atoms with Gasteiger partial charge in [0.1, 0.15) is 24.5 Å². The van der Waals surface area contributed by atoms with E-state index in [1.54, 1.807) is 17.9 Å². The SMILES string of the molecule is C=C[C@H](C(=O)N[C@@H](Cc1ccccc1)C(=O)NC1CCCCC1)[C@H](O)c1cc(OCc2ccc(OC)cc2)n(-c2ccccc2)n1. The molecule has 1 heterocycles. The van der Waals surface area contributed by atoms with Gasteiger partial charge in [0.2, 0.25) is 17.7 Å². The maximum absolute atomic E-state index is 13.7. The maximum atomic E-state index is 13.7. The molecule has 1 aliphatic carbocycles. The highest BCUT2D eigenvalue weighted by atomic mass is 16.5. The highest BCUT2D eigenvalue weighted by molar-refractivity contribution is 5.89. The number of benzene rings is 3. The summed E-state index contributed by atoms with van der Waals surface area (Å²) in [5, 5.41) is 22.2. The minimum atomic E-state index is -1.34. The normalized spacial score (nSPS) is 15.3. The van der Waals surface area contributed by atoms with Crippen molar-refractivity contribution in [3.8, 4) is 17.3 Å². The van der Waals surface area contributed by atoms with E-state index in [0.29, 0.717) is 12.3 Å². The van der Waals surface area contributed by atoms with E-state index < -0.39 is 24.0 Å². The molecule has 240 valence electrons. The van der Waals surface area contributed by atoms with E-state index in [2.05, 4.69) is 22.3 Å². The summed E-state index contributed by atoms with van der Waals surface area (Å²) in [7, 11) is 1.61. The van der Waals surface area contributed by atoms with Crippen molar-refractivity contribution in [1.82, 2.24) is 20.4 Å². The third kappa shape index (κ3) is 8.43. The van der Waals surface area contributed by atoms with E-state index in [0.717, 1.165) is 48.2 Å². The predicted molar refractivity (Wildman–Crippen MR) is 177 cm³/mol. The third-order valence-corrected chi connectivity index (χ3v) is 8.31. The van der Waals surface area contributed by atoms with Crippen LogP contribution in [0.5, 0.6) is 11.6 Å². The summed E-state index contributed by atoms with van der Waals surface area (Å²) < 4.78 is 13.0. The molecule has 0 saturated heterocycles. The molecule has 46 heavy (non-hydrogen) atoms. The predicted octanol–water partition coefficient (Wildman–Crippen LogP) is 5.47. The van der Waals surface area contributed by atoms with Gasteiger partial charge in [-0.05, 0) is 48.2 Å².